The lowest BCUT2D eigenvalue weighted by molar-refractivity contribution is 0.718. The normalized spacial score (nSPS) is 11.6. The average molecular weight is 257 g/mol. The molecule has 4 heteroatoms. The van der Waals surface area contributed by atoms with Crippen LogP contribution in [-0.4, -0.2) is 10.1 Å². The van der Waals surface area contributed by atoms with Crippen LogP contribution in [0.2, 0.25) is 0 Å². The Morgan fingerprint density at radius 2 is 1.94 bits per heavy atom. The lowest BCUT2D eigenvalue weighted by Gasteiger charge is -2.16. The molecule has 0 saturated heterocycles. The van der Waals surface area contributed by atoms with Gasteiger partial charge in [-0.15, -0.1) is 0 Å². The van der Waals surface area contributed by atoms with Crippen LogP contribution in [0, 0.1) is 0 Å². The van der Waals surface area contributed by atoms with Crippen molar-refractivity contribution in [2.45, 2.75) is 13.0 Å². The minimum atomic E-state index is 0.127. The van der Waals surface area contributed by atoms with Crippen molar-refractivity contribution in [3.63, 3.8) is 0 Å². The molecule has 2 N–H and O–H groups in total. The first-order valence-electron chi connectivity index (χ1n) is 5.78. The standard InChI is InChI=1S/C14H15N3S/c1-11(12-6-5-9-15-10-12)16-14(18)17-13-7-3-2-4-8-13/h2-11H,1H3,(H2,16,17,18). The highest BCUT2D eigenvalue weighted by atomic mass is 32.1. The quantitative estimate of drug-likeness (QED) is 0.828. The maximum absolute atomic E-state index is 5.27. The van der Waals surface area contributed by atoms with Crippen molar-refractivity contribution >= 4 is 23.0 Å². The van der Waals surface area contributed by atoms with Crippen molar-refractivity contribution in [2.75, 3.05) is 5.32 Å². The van der Waals surface area contributed by atoms with Crippen LogP contribution < -0.4 is 10.6 Å². The molecule has 0 saturated carbocycles. The van der Waals surface area contributed by atoms with Crippen LogP contribution in [0.4, 0.5) is 5.69 Å². The molecule has 0 spiro atoms. The summed E-state index contributed by atoms with van der Waals surface area (Å²) in [6.07, 6.45) is 3.60. The molecule has 0 aliphatic heterocycles. The largest absolute Gasteiger partial charge is 0.356 e. The molecule has 2 aromatic rings. The molecule has 92 valence electrons. The Hall–Kier alpha value is -1.94. The van der Waals surface area contributed by atoms with Crippen LogP contribution in [0.5, 0.6) is 0 Å². The zero-order valence-electron chi connectivity index (χ0n) is 10.1. The van der Waals surface area contributed by atoms with Crippen molar-refractivity contribution in [1.82, 2.24) is 10.3 Å². The van der Waals surface area contributed by atoms with Crippen molar-refractivity contribution in [2.24, 2.45) is 0 Å². The van der Waals surface area contributed by atoms with Gasteiger partial charge in [0.2, 0.25) is 0 Å². The predicted molar refractivity (Wildman–Crippen MR) is 78.5 cm³/mol. The number of thiocarbonyl (C=S) groups is 1. The van der Waals surface area contributed by atoms with Gasteiger partial charge in [-0.3, -0.25) is 4.98 Å². The SMILES string of the molecule is CC(NC(=S)Nc1ccccc1)c1cccnc1. The first-order chi connectivity index (χ1) is 8.75. The van der Waals surface area contributed by atoms with E-state index >= 15 is 0 Å². The average Bonchev–Trinajstić information content (AvgIpc) is 2.40. The van der Waals surface area contributed by atoms with Gasteiger partial charge < -0.3 is 10.6 Å². The molecule has 0 aliphatic carbocycles. The van der Waals surface area contributed by atoms with Gasteiger partial charge in [0.25, 0.3) is 0 Å². The van der Waals surface area contributed by atoms with E-state index < -0.39 is 0 Å². The second-order valence-corrected chi connectivity index (χ2v) is 4.38. The lowest BCUT2D eigenvalue weighted by Crippen LogP contribution is -2.30. The Morgan fingerprint density at radius 3 is 2.61 bits per heavy atom. The van der Waals surface area contributed by atoms with E-state index in [0.29, 0.717) is 5.11 Å². The number of benzene rings is 1. The molecule has 0 amide bonds. The molecule has 0 fully saturated rings. The van der Waals surface area contributed by atoms with Gasteiger partial charge in [-0.1, -0.05) is 24.3 Å². The van der Waals surface area contributed by atoms with Gasteiger partial charge in [-0.2, -0.15) is 0 Å². The van der Waals surface area contributed by atoms with E-state index in [1.807, 2.05) is 48.7 Å². The van der Waals surface area contributed by atoms with Crippen LogP contribution in [0.3, 0.4) is 0 Å². The number of anilines is 1. The Bertz CT molecular complexity index is 499. The summed E-state index contributed by atoms with van der Waals surface area (Å²) in [5, 5.41) is 6.98. The summed E-state index contributed by atoms with van der Waals surface area (Å²) < 4.78 is 0. The third kappa shape index (κ3) is 3.53. The third-order valence-electron chi connectivity index (χ3n) is 2.56. The van der Waals surface area contributed by atoms with E-state index in [9.17, 15) is 0 Å². The Labute approximate surface area is 112 Å². The van der Waals surface area contributed by atoms with E-state index in [1.165, 1.54) is 0 Å². The molecule has 0 bridgehead atoms. The Balaban J connectivity index is 1.92. The molecule has 18 heavy (non-hydrogen) atoms. The second kappa shape index (κ2) is 6.12. The summed E-state index contributed by atoms with van der Waals surface area (Å²) in [7, 11) is 0. The van der Waals surface area contributed by atoms with Gasteiger partial charge in [-0.05, 0) is 42.9 Å². The van der Waals surface area contributed by atoms with Gasteiger partial charge >= 0.3 is 0 Å². The molecular weight excluding hydrogens is 242 g/mol. The highest BCUT2D eigenvalue weighted by molar-refractivity contribution is 7.80. The summed E-state index contributed by atoms with van der Waals surface area (Å²) in [5.41, 5.74) is 2.09. The Morgan fingerprint density at radius 1 is 1.17 bits per heavy atom. The van der Waals surface area contributed by atoms with Gasteiger partial charge in [-0.25, -0.2) is 0 Å². The fraction of sp³-hybridized carbons (Fsp3) is 0.143. The van der Waals surface area contributed by atoms with Crippen LogP contribution in [0.15, 0.2) is 54.9 Å². The Kier molecular flexibility index (Phi) is 4.25. The summed E-state index contributed by atoms with van der Waals surface area (Å²) >= 11 is 5.27. The number of pyridine rings is 1. The predicted octanol–water partition coefficient (Wildman–Crippen LogP) is 3.13. The monoisotopic (exact) mass is 257 g/mol. The van der Waals surface area contributed by atoms with Crippen LogP contribution in [0.1, 0.15) is 18.5 Å². The maximum Gasteiger partial charge on any atom is 0.171 e. The smallest absolute Gasteiger partial charge is 0.171 e. The fourth-order valence-corrected chi connectivity index (χ4v) is 1.90. The van der Waals surface area contributed by atoms with Gasteiger partial charge in [0, 0.05) is 18.1 Å². The van der Waals surface area contributed by atoms with Crippen molar-refractivity contribution in [3.8, 4) is 0 Å². The van der Waals surface area contributed by atoms with Crippen LogP contribution in [0.25, 0.3) is 0 Å². The van der Waals surface area contributed by atoms with Crippen molar-refractivity contribution in [3.05, 3.63) is 60.4 Å². The first kappa shape index (κ1) is 12.5. The number of hydrogen-bond donors (Lipinski definition) is 2. The number of aromatic nitrogens is 1. The summed E-state index contributed by atoms with van der Waals surface area (Å²) in [4.78, 5) is 4.09. The molecule has 1 atom stereocenters. The van der Waals surface area contributed by atoms with E-state index in [2.05, 4.69) is 22.5 Å². The first-order valence-corrected chi connectivity index (χ1v) is 6.19. The lowest BCUT2D eigenvalue weighted by atomic mass is 10.1. The molecule has 1 aromatic heterocycles. The number of para-hydroxylation sites is 1. The molecule has 3 nitrogen and oxygen atoms in total. The van der Waals surface area contributed by atoms with E-state index in [4.69, 9.17) is 12.2 Å². The number of rotatable bonds is 3. The zero-order chi connectivity index (χ0) is 12.8. The fourth-order valence-electron chi connectivity index (χ4n) is 1.60. The van der Waals surface area contributed by atoms with Crippen LogP contribution in [-0.2, 0) is 0 Å². The highest BCUT2D eigenvalue weighted by Crippen LogP contribution is 2.11. The topological polar surface area (TPSA) is 37.0 Å². The van der Waals surface area contributed by atoms with E-state index in [0.717, 1.165) is 11.3 Å². The molecule has 1 unspecified atom stereocenters. The molecule has 2 rings (SSSR count). The van der Waals surface area contributed by atoms with Gasteiger partial charge in [0.05, 0.1) is 6.04 Å². The summed E-state index contributed by atoms with van der Waals surface area (Å²) in [6.45, 7) is 2.05. The number of nitrogens with zero attached hydrogens (tertiary/aromatic N) is 1. The maximum atomic E-state index is 5.27. The number of hydrogen-bond acceptors (Lipinski definition) is 2. The molecule has 1 aromatic carbocycles. The van der Waals surface area contributed by atoms with Gasteiger partial charge in [0.15, 0.2) is 5.11 Å². The molecular formula is C14H15N3S. The molecule has 0 radical (unpaired) electrons. The van der Waals surface area contributed by atoms with E-state index in [-0.39, 0.29) is 6.04 Å². The van der Waals surface area contributed by atoms with Crippen LogP contribution >= 0.6 is 12.2 Å². The minimum Gasteiger partial charge on any atom is -0.356 e. The highest BCUT2D eigenvalue weighted by Gasteiger charge is 2.06. The number of nitrogens with one attached hydrogen (secondary N) is 2. The van der Waals surface area contributed by atoms with Crippen molar-refractivity contribution in [1.29, 1.82) is 0 Å². The summed E-state index contributed by atoms with van der Waals surface area (Å²) in [5.74, 6) is 0. The molecule has 1 heterocycles. The zero-order valence-corrected chi connectivity index (χ0v) is 10.9. The summed E-state index contributed by atoms with van der Waals surface area (Å²) in [6, 6.07) is 13.9. The molecule has 0 aliphatic rings. The minimum absolute atomic E-state index is 0.127. The van der Waals surface area contributed by atoms with Crippen molar-refractivity contribution < 1.29 is 0 Å². The van der Waals surface area contributed by atoms with Gasteiger partial charge in [0.1, 0.15) is 0 Å². The van der Waals surface area contributed by atoms with E-state index in [1.54, 1.807) is 6.20 Å². The second-order valence-electron chi connectivity index (χ2n) is 3.97. The third-order valence-corrected chi connectivity index (χ3v) is 2.78.